The minimum absolute atomic E-state index is 0.584. The van der Waals surface area contributed by atoms with Crippen molar-refractivity contribution in [3.8, 4) is 0 Å². The first-order valence-electron chi connectivity index (χ1n) is 5.59. The van der Waals surface area contributed by atoms with Crippen molar-refractivity contribution in [3.05, 3.63) is 22.4 Å². The molecule has 1 atom stereocenters. The lowest BCUT2D eigenvalue weighted by atomic mass is 10.2. The molecule has 0 radical (unpaired) electrons. The normalized spacial score (nSPS) is 18.1. The number of thiazole rings is 1. The lowest BCUT2D eigenvalue weighted by Gasteiger charge is -2.11. The van der Waals surface area contributed by atoms with Gasteiger partial charge in [-0.05, 0) is 25.7 Å². The molecule has 2 aromatic heterocycles. The molecule has 5 heteroatoms. The molecule has 0 spiro atoms. The quantitative estimate of drug-likeness (QED) is 0.910. The van der Waals surface area contributed by atoms with Crippen LogP contribution in [0.25, 0.3) is 4.96 Å². The van der Waals surface area contributed by atoms with Crippen LogP contribution in [0.2, 0.25) is 5.15 Å². The summed E-state index contributed by atoms with van der Waals surface area (Å²) in [5.41, 5.74) is 1.07. The Morgan fingerprint density at radius 1 is 1.69 bits per heavy atom. The number of hydrogen-bond donors (Lipinski definition) is 1. The van der Waals surface area contributed by atoms with Crippen molar-refractivity contribution in [2.45, 2.75) is 32.4 Å². The fraction of sp³-hybridized carbons (Fsp3) is 0.545. The van der Waals surface area contributed by atoms with Crippen molar-refractivity contribution < 1.29 is 0 Å². The third-order valence-electron chi connectivity index (χ3n) is 3.23. The molecule has 1 aliphatic carbocycles. The molecule has 3 rings (SSSR count). The summed E-state index contributed by atoms with van der Waals surface area (Å²) in [6, 6.07) is 0.584. The summed E-state index contributed by atoms with van der Waals surface area (Å²) in [5, 5.41) is 6.19. The second kappa shape index (κ2) is 4.02. The Kier molecular flexibility index (Phi) is 2.65. The van der Waals surface area contributed by atoms with Crippen molar-refractivity contribution in [3.63, 3.8) is 0 Å². The summed E-state index contributed by atoms with van der Waals surface area (Å²) in [6.45, 7) is 3.05. The molecular weight excluding hydrogens is 242 g/mol. The van der Waals surface area contributed by atoms with E-state index in [0.29, 0.717) is 11.2 Å². The summed E-state index contributed by atoms with van der Waals surface area (Å²) < 4.78 is 2.07. The van der Waals surface area contributed by atoms with E-state index in [1.807, 2.05) is 11.6 Å². The molecule has 1 saturated carbocycles. The van der Waals surface area contributed by atoms with Gasteiger partial charge in [-0.15, -0.1) is 11.3 Å². The van der Waals surface area contributed by atoms with Crippen molar-refractivity contribution >= 4 is 27.9 Å². The largest absolute Gasteiger partial charge is 0.308 e. The number of nitrogens with zero attached hydrogens (tertiary/aromatic N) is 2. The van der Waals surface area contributed by atoms with Crippen molar-refractivity contribution in [2.24, 2.45) is 5.92 Å². The highest BCUT2D eigenvalue weighted by Gasteiger charge is 2.27. The summed E-state index contributed by atoms with van der Waals surface area (Å²) in [6.07, 6.45) is 4.75. The molecule has 1 N–H and O–H groups in total. The lowest BCUT2D eigenvalue weighted by Crippen LogP contribution is -2.27. The van der Waals surface area contributed by atoms with Crippen molar-refractivity contribution in [1.82, 2.24) is 14.7 Å². The Labute approximate surface area is 103 Å². The monoisotopic (exact) mass is 255 g/mol. The van der Waals surface area contributed by atoms with Crippen LogP contribution in [-0.4, -0.2) is 15.4 Å². The number of halogens is 1. The predicted octanol–water partition coefficient (Wildman–Crippen LogP) is 2.94. The van der Waals surface area contributed by atoms with Gasteiger partial charge >= 0.3 is 0 Å². The Morgan fingerprint density at radius 2 is 2.50 bits per heavy atom. The average molecular weight is 256 g/mol. The van der Waals surface area contributed by atoms with E-state index in [0.717, 1.165) is 23.1 Å². The maximum absolute atomic E-state index is 6.12. The third-order valence-corrected chi connectivity index (χ3v) is 4.29. The average Bonchev–Trinajstić information content (AvgIpc) is 2.94. The zero-order valence-corrected chi connectivity index (χ0v) is 10.7. The molecule has 86 valence electrons. The smallest absolute Gasteiger partial charge is 0.195 e. The van der Waals surface area contributed by atoms with Crippen molar-refractivity contribution in [1.29, 1.82) is 0 Å². The van der Waals surface area contributed by atoms with Gasteiger partial charge in [0.15, 0.2) is 10.1 Å². The number of imidazole rings is 1. The van der Waals surface area contributed by atoms with Crippen LogP contribution in [0.1, 0.15) is 25.5 Å². The molecular formula is C11H14ClN3S. The van der Waals surface area contributed by atoms with Gasteiger partial charge in [-0.2, -0.15) is 0 Å². The topological polar surface area (TPSA) is 29.3 Å². The van der Waals surface area contributed by atoms with Crippen LogP contribution < -0.4 is 5.32 Å². The van der Waals surface area contributed by atoms with Gasteiger partial charge in [0.2, 0.25) is 0 Å². The van der Waals surface area contributed by atoms with E-state index in [2.05, 4.69) is 21.6 Å². The molecule has 2 aromatic rings. The summed E-state index contributed by atoms with van der Waals surface area (Å²) in [5.74, 6) is 0.865. The fourth-order valence-corrected chi connectivity index (χ4v) is 3.01. The summed E-state index contributed by atoms with van der Waals surface area (Å²) in [7, 11) is 0. The highest BCUT2D eigenvalue weighted by atomic mass is 35.5. The molecule has 16 heavy (non-hydrogen) atoms. The van der Waals surface area contributed by atoms with Gasteiger partial charge in [0.1, 0.15) is 0 Å². The van der Waals surface area contributed by atoms with E-state index >= 15 is 0 Å². The summed E-state index contributed by atoms with van der Waals surface area (Å²) >= 11 is 7.74. The molecule has 0 amide bonds. The van der Waals surface area contributed by atoms with E-state index in [1.165, 1.54) is 12.8 Å². The maximum atomic E-state index is 6.12. The fourth-order valence-electron chi connectivity index (χ4n) is 1.98. The Bertz CT molecular complexity index is 500. The van der Waals surface area contributed by atoms with E-state index < -0.39 is 0 Å². The molecule has 2 heterocycles. The zero-order chi connectivity index (χ0) is 11.1. The van der Waals surface area contributed by atoms with Gasteiger partial charge in [0.05, 0.1) is 5.69 Å². The molecule has 0 saturated heterocycles. The van der Waals surface area contributed by atoms with Gasteiger partial charge in [-0.3, -0.25) is 4.40 Å². The van der Waals surface area contributed by atoms with Gasteiger partial charge in [-0.25, -0.2) is 4.98 Å². The van der Waals surface area contributed by atoms with E-state index in [1.54, 1.807) is 11.3 Å². The van der Waals surface area contributed by atoms with E-state index in [4.69, 9.17) is 11.6 Å². The predicted molar refractivity (Wildman–Crippen MR) is 67.1 cm³/mol. The number of rotatable bonds is 4. The number of nitrogens with one attached hydrogen (secondary N) is 1. The minimum atomic E-state index is 0.584. The molecule has 1 unspecified atom stereocenters. The van der Waals surface area contributed by atoms with Crippen LogP contribution in [0, 0.1) is 5.92 Å². The van der Waals surface area contributed by atoms with Crippen LogP contribution >= 0.6 is 22.9 Å². The SMILES string of the molecule is CC(NCc1c(Cl)nc2sccn12)C1CC1. The first-order chi connectivity index (χ1) is 7.75. The van der Waals surface area contributed by atoms with Crippen molar-refractivity contribution in [2.75, 3.05) is 0 Å². The maximum Gasteiger partial charge on any atom is 0.195 e. The summed E-state index contributed by atoms with van der Waals surface area (Å²) in [4.78, 5) is 5.29. The second-order valence-electron chi connectivity index (χ2n) is 4.41. The van der Waals surface area contributed by atoms with E-state index in [9.17, 15) is 0 Å². The molecule has 0 bridgehead atoms. The number of aromatic nitrogens is 2. The van der Waals surface area contributed by atoms with E-state index in [-0.39, 0.29) is 0 Å². The molecule has 0 aromatic carbocycles. The van der Waals surface area contributed by atoms with Gasteiger partial charge in [-0.1, -0.05) is 11.6 Å². The zero-order valence-electron chi connectivity index (χ0n) is 9.11. The van der Waals surface area contributed by atoms with Crippen LogP contribution in [-0.2, 0) is 6.54 Å². The van der Waals surface area contributed by atoms with Crippen LogP contribution in [0.3, 0.4) is 0 Å². The molecule has 3 nitrogen and oxygen atoms in total. The Hall–Kier alpha value is -0.580. The van der Waals surface area contributed by atoms with Gasteiger partial charge in [0.25, 0.3) is 0 Å². The van der Waals surface area contributed by atoms with Crippen LogP contribution in [0.4, 0.5) is 0 Å². The molecule has 1 fully saturated rings. The standard InChI is InChI=1S/C11H14ClN3S/c1-7(8-2-3-8)13-6-9-10(12)14-11-15(9)4-5-16-11/h4-5,7-8,13H,2-3,6H2,1H3. The Morgan fingerprint density at radius 3 is 3.25 bits per heavy atom. The third kappa shape index (κ3) is 1.85. The van der Waals surface area contributed by atoms with Gasteiger partial charge in [0, 0.05) is 24.2 Å². The van der Waals surface area contributed by atoms with Crippen LogP contribution in [0.15, 0.2) is 11.6 Å². The number of fused-ring (bicyclic) bond motifs is 1. The highest BCUT2D eigenvalue weighted by Crippen LogP contribution is 2.32. The lowest BCUT2D eigenvalue weighted by molar-refractivity contribution is 0.491. The highest BCUT2D eigenvalue weighted by molar-refractivity contribution is 7.15. The molecule has 1 aliphatic rings. The van der Waals surface area contributed by atoms with Gasteiger partial charge < -0.3 is 5.32 Å². The second-order valence-corrected chi connectivity index (χ2v) is 5.64. The first-order valence-corrected chi connectivity index (χ1v) is 6.85. The van der Waals surface area contributed by atoms with Crippen LogP contribution in [0.5, 0.6) is 0 Å². The molecule has 0 aliphatic heterocycles. The Balaban J connectivity index is 1.76. The number of hydrogen-bond acceptors (Lipinski definition) is 3. The minimum Gasteiger partial charge on any atom is -0.308 e. The first kappa shape index (κ1) is 10.6.